The Kier molecular flexibility index (Phi) is 3.03. The highest BCUT2D eigenvalue weighted by Crippen LogP contribution is 2.40. The van der Waals surface area contributed by atoms with E-state index in [0.717, 1.165) is 6.26 Å². The van der Waals surface area contributed by atoms with Gasteiger partial charge in [0.25, 0.3) is 6.39 Å². The van der Waals surface area contributed by atoms with Gasteiger partial charge in [0.15, 0.2) is 0 Å². The molecule has 8 heteroatoms. The first kappa shape index (κ1) is 13.4. The molecule has 0 aliphatic rings. The SMILES string of the molecule is FC(F)(F)c1ccc(-c2co[c]n2)c(C(F)(F)F)c1. The van der Waals surface area contributed by atoms with E-state index in [9.17, 15) is 26.3 Å². The standard InChI is InChI=1S/C11H4F6NO/c12-10(13,14)6-1-2-7(9-4-19-5-18-9)8(3-6)11(15,16)17/h1-4H. The van der Waals surface area contributed by atoms with Crippen molar-refractivity contribution in [3.63, 3.8) is 0 Å². The summed E-state index contributed by atoms with van der Waals surface area (Å²) in [5, 5.41) is 0. The Morgan fingerprint density at radius 1 is 1.00 bits per heavy atom. The number of benzene rings is 1. The molecule has 1 heterocycles. The highest BCUT2D eigenvalue weighted by atomic mass is 19.4. The normalized spacial score (nSPS) is 12.7. The fraction of sp³-hybridized carbons (Fsp3) is 0.182. The van der Waals surface area contributed by atoms with Crippen LogP contribution in [0.2, 0.25) is 0 Å². The largest absolute Gasteiger partial charge is 0.440 e. The maximum atomic E-state index is 12.8. The average Bonchev–Trinajstić information content (AvgIpc) is 2.79. The van der Waals surface area contributed by atoms with Gasteiger partial charge < -0.3 is 4.42 Å². The van der Waals surface area contributed by atoms with Crippen molar-refractivity contribution in [2.45, 2.75) is 12.4 Å². The van der Waals surface area contributed by atoms with E-state index in [4.69, 9.17) is 0 Å². The highest BCUT2D eigenvalue weighted by Gasteiger charge is 2.38. The van der Waals surface area contributed by atoms with Gasteiger partial charge in [0.05, 0.1) is 11.1 Å². The zero-order chi connectivity index (χ0) is 14.3. The fourth-order valence-corrected chi connectivity index (χ4v) is 1.49. The molecule has 0 fully saturated rings. The van der Waals surface area contributed by atoms with Crippen LogP contribution in [0.3, 0.4) is 0 Å². The molecular formula is C11H4F6NO. The summed E-state index contributed by atoms with van der Waals surface area (Å²) in [5.74, 6) is 0. The van der Waals surface area contributed by atoms with Crippen molar-refractivity contribution in [2.24, 2.45) is 0 Å². The predicted molar refractivity (Wildman–Crippen MR) is 50.8 cm³/mol. The Morgan fingerprint density at radius 2 is 1.68 bits per heavy atom. The van der Waals surface area contributed by atoms with Crippen molar-refractivity contribution >= 4 is 0 Å². The molecule has 1 radical (unpaired) electrons. The molecule has 0 N–H and O–H groups in total. The second-order valence-electron chi connectivity index (χ2n) is 3.58. The first-order valence-electron chi connectivity index (χ1n) is 4.80. The quantitative estimate of drug-likeness (QED) is 0.732. The van der Waals surface area contributed by atoms with Gasteiger partial charge >= 0.3 is 12.4 Å². The Hall–Kier alpha value is -1.99. The van der Waals surface area contributed by atoms with Crippen LogP contribution in [-0.4, -0.2) is 4.98 Å². The Labute approximate surface area is 102 Å². The molecule has 1 aromatic carbocycles. The van der Waals surface area contributed by atoms with Gasteiger partial charge in [-0.15, -0.1) is 0 Å². The predicted octanol–water partition coefficient (Wildman–Crippen LogP) is 4.18. The summed E-state index contributed by atoms with van der Waals surface area (Å²) >= 11 is 0. The van der Waals surface area contributed by atoms with Gasteiger partial charge in [0, 0.05) is 5.56 Å². The molecule has 0 unspecified atom stereocenters. The number of hydrogen-bond donors (Lipinski definition) is 0. The van der Waals surface area contributed by atoms with Gasteiger partial charge in [-0.2, -0.15) is 26.3 Å². The van der Waals surface area contributed by atoms with Gasteiger partial charge in [0.1, 0.15) is 12.0 Å². The lowest BCUT2D eigenvalue weighted by Gasteiger charge is -2.14. The smallest absolute Gasteiger partial charge is 0.417 e. The summed E-state index contributed by atoms with van der Waals surface area (Å²) in [6.45, 7) is 0. The molecule has 0 atom stereocenters. The molecule has 0 aliphatic heterocycles. The second kappa shape index (κ2) is 4.29. The van der Waals surface area contributed by atoms with Crippen molar-refractivity contribution in [3.05, 3.63) is 42.0 Å². The molecule has 0 saturated heterocycles. The molecule has 0 bridgehead atoms. The van der Waals surface area contributed by atoms with Gasteiger partial charge in [-0.1, -0.05) is 6.07 Å². The molecular weight excluding hydrogens is 276 g/mol. The van der Waals surface area contributed by atoms with Crippen LogP contribution >= 0.6 is 0 Å². The third-order valence-electron chi connectivity index (χ3n) is 2.32. The molecule has 2 rings (SSSR count). The second-order valence-corrected chi connectivity index (χ2v) is 3.58. The minimum absolute atomic E-state index is 0.0456. The molecule has 0 aliphatic carbocycles. The van der Waals surface area contributed by atoms with E-state index in [1.807, 2.05) is 6.39 Å². The lowest BCUT2D eigenvalue weighted by atomic mass is 10.0. The van der Waals surface area contributed by atoms with Gasteiger partial charge in [-0.3, -0.25) is 0 Å². The molecule has 0 saturated carbocycles. The van der Waals surface area contributed by atoms with Crippen LogP contribution in [-0.2, 0) is 12.4 Å². The molecule has 2 nitrogen and oxygen atoms in total. The highest BCUT2D eigenvalue weighted by molar-refractivity contribution is 5.64. The van der Waals surface area contributed by atoms with E-state index in [1.54, 1.807) is 0 Å². The van der Waals surface area contributed by atoms with Gasteiger partial charge in [-0.25, -0.2) is 4.98 Å². The average molecular weight is 280 g/mol. The Morgan fingerprint density at radius 3 is 2.16 bits per heavy atom. The van der Waals surface area contributed by atoms with Crippen LogP contribution < -0.4 is 0 Å². The number of nitrogens with zero attached hydrogens (tertiary/aromatic N) is 1. The molecule has 1 aromatic heterocycles. The van der Waals surface area contributed by atoms with Crippen molar-refractivity contribution in [1.29, 1.82) is 0 Å². The lowest BCUT2D eigenvalue weighted by molar-refractivity contribution is -0.142. The van der Waals surface area contributed by atoms with Crippen molar-refractivity contribution in [3.8, 4) is 11.3 Å². The van der Waals surface area contributed by atoms with E-state index in [1.165, 1.54) is 0 Å². The van der Waals surface area contributed by atoms with Gasteiger partial charge in [0.2, 0.25) is 0 Å². The first-order valence-corrected chi connectivity index (χ1v) is 4.80. The topological polar surface area (TPSA) is 26.0 Å². The molecule has 0 amide bonds. The molecule has 101 valence electrons. The van der Waals surface area contributed by atoms with Crippen LogP contribution in [0.25, 0.3) is 11.3 Å². The lowest BCUT2D eigenvalue weighted by Crippen LogP contribution is -2.12. The minimum Gasteiger partial charge on any atom is -0.440 e. The van der Waals surface area contributed by atoms with Crippen LogP contribution in [0.4, 0.5) is 26.3 Å². The molecule has 19 heavy (non-hydrogen) atoms. The van der Waals surface area contributed by atoms with Crippen molar-refractivity contribution in [1.82, 2.24) is 4.98 Å². The van der Waals surface area contributed by atoms with Crippen LogP contribution in [0, 0.1) is 6.39 Å². The fourth-order valence-electron chi connectivity index (χ4n) is 1.49. The third kappa shape index (κ3) is 2.72. The van der Waals surface area contributed by atoms with Crippen LogP contribution in [0.15, 0.2) is 28.9 Å². The number of hydrogen-bond acceptors (Lipinski definition) is 2. The van der Waals surface area contributed by atoms with E-state index >= 15 is 0 Å². The molecule has 0 spiro atoms. The monoisotopic (exact) mass is 280 g/mol. The number of alkyl halides is 6. The van der Waals surface area contributed by atoms with E-state index in [2.05, 4.69) is 9.40 Å². The van der Waals surface area contributed by atoms with E-state index in [0.29, 0.717) is 12.1 Å². The summed E-state index contributed by atoms with van der Waals surface area (Å²) < 4.78 is 80.0. The van der Waals surface area contributed by atoms with Gasteiger partial charge in [-0.05, 0) is 12.1 Å². The van der Waals surface area contributed by atoms with Crippen molar-refractivity contribution in [2.75, 3.05) is 0 Å². The maximum Gasteiger partial charge on any atom is 0.417 e. The summed E-state index contributed by atoms with van der Waals surface area (Å²) in [6.07, 6.45) is -6.98. The Balaban J connectivity index is 2.63. The first-order chi connectivity index (χ1) is 8.69. The molecule has 2 aromatic rings. The number of oxazole rings is 1. The van der Waals surface area contributed by atoms with Crippen LogP contribution in [0.5, 0.6) is 0 Å². The van der Waals surface area contributed by atoms with Crippen molar-refractivity contribution < 1.29 is 30.8 Å². The maximum absolute atomic E-state index is 12.8. The zero-order valence-electron chi connectivity index (χ0n) is 8.93. The zero-order valence-corrected chi connectivity index (χ0v) is 8.93. The summed E-state index contributed by atoms with van der Waals surface area (Å²) in [7, 11) is 0. The summed E-state index contributed by atoms with van der Waals surface area (Å²) in [4.78, 5) is 3.38. The summed E-state index contributed by atoms with van der Waals surface area (Å²) in [5.41, 5.74) is -3.53. The number of halogens is 6. The summed E-state index contributed by atoms with van der Waals surface area (Å²) in [6, 6.07) is 1.31. The number of aromatic nitrogens is 1. The van der Waals surface area contributed by atoms with Crippen LogP contribution in [0.1, 0.15) is 11.1 Å². The third-order valence-corrected chi connectivity index (χ3v) is 2.32. The van der Waals surface area contributed by atoms with E-state index < -0.39 is 29.0 Å². The number of rotatable bonds is 1. The van der Waals surface area contributed by atoms with E-state index in [-0.39, 0.29) is 11.8 Å². The minimum atomic E-state index is -4.93. The Bertz CT molecular complexity index is 570.